The highest BCUT2D eigenvalue weighted by Gasteiger charge is 2.34. The van der Waals surface area contributed by atoms with Gasteiger partial charge in [-0.2, -0.15) is 13.2 Å². The summed E-state index contributed by atoms with van der Waals surface area (Å²) in [6.45, 7) is -0.0777. The predicted molar refractivity (Wildman–Crippen MR) is 66.3 cm³/mol. The maximum absolute atomic E-state index is 13.0. The predicted octanol–water partition coefficient (Wildman–Crippen LogP) is 2.05. The van der Waals surface area contributed by atoms with Crippen LogP contribution in [0.4, 0.5) is 17.6 Å². The smallest absolute Gasteiger partial charge is 0.349 e. The molecule has 2 N–H and O–H groups in total. The summed E-state index contributed by atoms with van der Waals surface area (Å²) in [4.78, 5) is 13.1. The molecule has 0 heterocycles. The van der Waals surface area contributed by atoms with Crippen LogP contribution in [0.25, 0.3) is 0 Å². The lowest BCUT2D eigenvalue weighted by Gasteiger charge is -2.21. The molecule has 0 spiro atoms. The molecule has 0 aromatic heterocycles. The second-order valence-corrected chi connectivity index (χ2v) is 4.67. The standard InChI is InChI=1S/C13H16F4N2O/c1-19(2)12(20)9(7-18)5-8-3-4-10(14)6-11(8)13(15,16)17/h3-4,6,9H,5,7,18H2,1-2H3. The van der Waals surface area contributed by atoms with E-state index < -0.39 is 23.5 Å². The van der Waals surface area contributed by atoms with Gasteiger partial charge < -0.3 is 10.6 Å². The van der Waals surface area contributed by atoms with E-state index in [2.05, 4.69) is 0 Å². The molecule has 7 heteroatoms. The lowest BCUT2D eigenvalue weighted by atomic mass is 9.94. The number of nitrogens with zero attached hydrogens (tertiary/aromatic N) is 1. The van der Waals surface area contributed by atoms with E-state index >= 15 is 0 Å². The average molecular weight is 292 g/mol. The Kier molecular flexibility index (Phi) is 5.10. The maximum Gasteiger partial charge on any atom is 0.416 e. The minimum Gasteiger partial charge on any atom is -0.349 e. The summed E-state index contributed by atoms with van der Waals surface area (Å²) < 4.78 is 51.5. The van der Waals surface area contributed by atoms with Crippen LogP contribution in [0.2, 0.25) is 0 Å². The molecule has 1 aromatic rings. The maximum atomic E-state index is 13.0. The average Bonchev–Trinajstić information content (AvgIpc) is 2.35. The van der Waals surface area contributed by atoms with Gasteiger partial charge in [0.2, 0.25) is 5.91 Å². The van der Waals surface area contributed by atoms with Gasteiger partial charge in [-0.05, 0) is 24.1 Å². The first-order chi connectivity index (χ1) is 9.16. The number of rotatable bonds is 4. The van der Waals surface area contributed by atoms with E-state index in [-0.39, 0.29) is 24.4 Å². The number of nitrogens with two attached hydrogens (primary N) is 1. The van der Waals surface area contributed by atoms with E-state index in [1.807, 2.05) is 0 Å². The summed E-state index contributed by atoms with van der Waals surface area (Å²) in [6.07, 6.45) is -4.85. The molecule has 1 aromatic carbocycles. The normalized spacial score (nSPS) is 13.2. The van der Waals surface area contributed by atoms with Crippen LogP contribution in [0.1, 0.15) is 11.1 Å². The molecule has 0 radical (unpaired) electrons. The van der Waals surface area contributed by atoms with Crippen LogP contribution in [0.15, 0.2) is 18.2 Å². The largest absolute Gasteiger partial charge is 0.416 e. The molecular weight excluding hydrogens is 276 g/mol. The number of amides is 1. The highest BCUT2D eigenvalue weighted by atomic mass is 19.4. The topological polar surface area (TPSA) is 46.3 Å². The second-order valence-electron chi connectivity index (χ2n) is 4.67. The fraction of sp³-hybridized carbons (Fsp3) is 0.462. The fourth-order valence-corrected chi connectivity index (χ4v) is 1.89. The summed E-state index contributed by atoms with van der Waals surface area (Å²) in [5.74, 6) is -2.09. The summed E-state index contributed by atoms with van der Waals surface area (Å²) in [5.41, 5.74) is 4.24. The Bertz CT molecular complexity index is 486. The van der Waals surface area contributed by atoms with Crippen LogP contribution in [0, 0.1) is 11.7 Å². The Morgan fingerprint density at radius 2 is 1.95 bits per heavy atom. The molecule has 1 amide bonds. The van der Waals surface area contributed by atoms with Crippen molar-refractivity contribution < 1.29 is 22.4 Å². The number of carbonyl (C=O) groups excluding carboxylic acids is 1. The van der Waals surface area contributed by atoms with E-state index in [9.17, 15) is 22.4 Å². The number of halogens is 4. The molecule has 0 saturated heterocycles. The van der Waals surface area contributed by atoms with Gasteiger partial charge in [-0.1, -0.05) is 6.07 Å². The number of benzene rings is 1. The third-order valence-electron chi connectivity index (χ3n) is 2.92. The molecule has 1 atom stereocenters. The van der Waals surface area contributed by atoms with Crippen molar-refractivity contribution in [3.05, 3.63) is 35.1 Å². The van der Waals surface area contributed by atoms with Crippen LogP contribution in [-0.4, -0.2) is 31.4 Å². The van der Waals surface area contributed by atoms with E-state index in [0.29, 0.717) is 6.07 Å². The monoisotopic (exact) mass is 292 g/mol. The van der Waals surface area contributed by atoms with Gasteiger partial charge in [0.1, 0.15) is 5.82 Å². The van der Waals surface area contributed by atoms with Crippen molar-refractivity contribution >= 4 is 5.91 Å². The van der Waals surface area contributed by atoms with E-state index in [1.54, 1.807) is 0 Å². The second kappa shape index (κ2) is 6.21. The molecule has 0 fully saturated rings. The molecule has 0 aliphatic heterocycles. The minimum absolute atomic E-state index is 0.0777. The van der Waals surface area contributed by atoms with Gasteiger partial charge in [0.25, 0.3) is 0 Å². The first-order valence-electron chi connectivity index (χ1n) is 5.93. The zero-order valence-corrected chi connectivity index (χ0v) is 11.2. The van der Waals surface area contributed by atoms with Crippen molar-refractivity contribution in [1.82, 2.24) is 4.90 Å². The third kappa shape index (κ3) is 3.93. The van der Waals surface area contributed by atoms with Crippen molar-refractivity contribution in [2.24, 2.45) is 11.7 Å². The first-order valence-corrected chi connectivity index (χ1v) is 5.93. The lowest BCUT2D eigenvalue weighted by molar-refractivity contribution is -0.139. The summed E-state index contributed by atoms with van der Waals surface area (Å²) in [7, 11) is 3.00. The Balaban J connectivity index is 3.11. The zero-order chi connectivity index (χ0) is 15.5. The Hall–Kier alpha value is -1.63. The molecule has 1 rings (SSSR count). The Morgan fingerprint density at radius 3 is 2.40 bits per heavy atom. The van der Waals surface area contributed by atoms with Gasteiger partial charge in [-0.25, -0.2) is 4.39 Å². The van der Waals surface area contributed by atoms with Crippen LogP contribution in [-0.2, 0) is 17.4 Å². The molecular formula is C13H16F4N2O. The Labute approximate surface area is 114 Å². The van der Waals surface area contributed by atoms with E-state index in [1.165, 1.54) is 19.0 Å². The van der Waals surface area contributed by atoms with Gasteiger partial charge in [-0.3, -0.25) is 4.79 Å². The van der Waals surface area contributed by atoms with Crippen molar-refractivity contribution in [2.45, 2.75) is 12.6 Å². The number of hydrogen-bond donors (Lipinski definition) is 1. The summed E-state index contributed by atoms with van der Waals surface area (Å²) in [5, 5.41) is 0. The van der Waals surface area contributed by atoms with Gasteiger partial charge in [-0.15, -0.1) is 0 Å². The highest BCUT2D eigenvalue weighted by Crippen LogP contribution is 2.33. The highest BCUT2D eigenvalue weighted by molar-refractivity contribution is 5.78. The molecule has 112 valence electrons. The van der Waals surface area contributed by atoms with Gasteiger partial charge in [0, 0.05) is 20.6 Å². The Morgan fingerprint density at radius 1 is 1.35 bits per heavy atom. The van der Waals surface area contributed by atoms with Crippen LogP contribution in [0.3, 0.4) is 0 Å². The molecule has 0 saturated carbocycles. The minimum atomic E-state index is -4.67. The van der Waals surface area contributed by atoms with Crippen LogP contribution < -0.4 is 5.73 Å². The SMILES string of the molecule is CN(C)C(=O)C(CN)Cc1ccc(F)cc1C(F)(F)F. The van der Waals surface area contributed by atoms with E-state index in [4.69, 9.17) is 5.73 Å². The van der Waals surface area contributed by atoms with E-state index in [0.717, 1.165) is 12.1 Å². The van der Waals surface area contributed by atoms with Crippen LogP contribution >= 0.6 is 0 Å². The summed E-state index contributed by atoms with van der Waals surface area (Å²) in [6, 6.07) is 2.42. The summed E-state index contributed by atoms with van der Waals surface area (Å²) >= 11 is 0. The molecule has 0 bridgehead atoms. The fourth-order valence-electron chi connectivity index (χ4n) is 1.89. The lowest BCUT2D eigenvalue weighted by Crippen LogP contribution is -2.35. The number of hydrogen-bond acceptors (Lipinski definition) is 2. The van der Waals surface area contributed by atoms with Crippen molar-refractivity contribution in [2.75, 3.05) is 20.6 Å². The molecule has 3 nitrogen and oxygen atoms in total. The van der Waals surface area contributed by atoms with Gasteiger partial charge in [0.15, 0.2) is 0 Å². The van der Waals surface area contributed by atoms with Gasteiger partial charge in [0.05, 0.1) is 11.5 Å². The first kappa shape index (κ1) is 16.4. The zero-order valence-electron chi connectivity index (χ0n) is 11.2. The molecule has 20 heavy (non-hydrogen) atoms. The number of alkyl halides is 3. The van der Waals surface area contributed by atoms with Crippen molar-refractivity contribution in [3.63, 3.8) is 0 Å². The van der Waals surface area contributed by atoms with Crippen molar-refractivity contribution in [3.8, 4) is 0 Å². The molecule has 1 unspecified atom stereocenters. The molecule has 0 aliphatic rings. The van der Waals surface area contributed by atoms with Gasteiger partial charge >= 0.3 is 6.18 Å². The number of carbonyl (C=O) groups is 1. The molecule has 0 aliphatic carbocycles. The van der Waals surface area contributed by atoms with Crippen LogP contribution in [0.5, 0.6) is 0 Å². The van der Waals surface area contributed by atoms with Crippen molar-refractivity contribution in [1.29, 1.82) is 0 Å². The third-order valence-corrected chi connectivity index (χ3v) is 2.92. The quantitative estimate of drug-likeness (QED) is 0.863.